The van der Waals surface area contributed by atoms with Crippen molar-refractivity contribution in [3.63, 3.8) is 0 Å². The Balaban J connectivity index is 1.14. The quantitative estimate of drug-likeness (QED) is 0.253. The van der Waals surface area contributed by atoms with Crippen molar-refractivity contribution in [1.82, 2.24) is 39.0 Å². The lowest BCUT2D eigenvalue weighted by molar-refractivity contribution is 0.0683. The molecule has 0 amide bonds. The number of hydrogen-bond donors (Lipinski definition) is 1. The molecule has 6 rings (SSSR count). The van der Waals surface area contributed by atoms with Gasteiger partial charge in [0.25, 0.3) is 0 Å². The summed E-state index contributed by atoms with van der Waals surface area (Å²) < 4.78 is 23.6. The van der Waals surface area contributed by atoms with Crippen molar-refractivity contribution in [2.45, 2.75) is 33.0 Å². The molecule has 1 fully saturated rings. The number of piperazine rings is 1. The smallest absolute Gasteiger partial charge is 0.374 e. The van der Waals surface area contributed by atoms with E-state index in [4.69, 9.17) is 15.1 Å². The van der Waals surface area contributed by atoms with Crippen molar-refractivity contribution in [3.05, 3.63) is 95.0 Å². The summed E-state index contributed by atoms with van der Waals surface area (Å²) in [6.07, 6.45) is 5.48. The number of ether oxygens (including phenoxy) is 1. The van der Waals surface area contributed by atoms with Gasteiger partial charge in [0.1, 0.15) is 24.6 Å². The van der Waals surface area contributed by atoms with Crippen LogP contribution in [0.25, 0.3) is 5.65 Å². The maximum atomic E-state index is 14.3. The standard InChI is InChI=1S/C30H29FN10O3/c1-2-39-18-33-15-22(39)13-23-25(37-41-19-34-28(30(42)43)36-29(23)41)16-38-8-10-40(11-9-38)26-4-3-5-27(35-26)44-17-21-7-6-20(14-32)12-24(21)31/h3-7,12,15,18-19H,2,8-11,13,16-17H2,1H3,(H,42,43). The number of fused-ring (bicyclic) bond motifs is 1. The van der Waals surface area contributed by atoms with Gasteiger partial charge in [0.05, 0.1) is 23.7 Å². The third-order valence-electron chi connectivity index (χ3n) is 7.59. The molecular formula is C30H29FN10O3. The molecule has 224 valence electrons. The van der Waals surface area contributed by atoms with Crippen LogP contribution in [-0.4, -0.2) is 76.3 Å². The Bertz CT molecular complexity index is 1860. The minimum absolute atomic E-state index is 0.000494. The number of aromatic carboxylic acids is 1. The number of benzene rings is 1. The number of aromatic nitrogens is 7. The number of halogens is 1. The Hall–Kier alpha value is -5.42. The van der Waals surface area contributed by atoms with Crippen LogP contribution >= 0.6 is 0 Å². The molecular weight excluding hydrogens is 567 g/mol. The number of carboxylic acid groups (broad SMARTS) is 1. The lowest BCUT2D eigenvalue weighted by atomic mass is 10.1. The first-order valence-corrected chi connectivity index (χ1v) is 14.1. The van der Waals surface area contributed by atoms with E-state index < -0.39 is 11.8 Å². The highest BCUT2D eigenvalue weighted by Crippen LogP contribution is 2.23. The molecule has 5 aromatic rings. The van der Waals surface area contributed by atoms with Gasteiger partial charge in [0, 0.05) is 74.8 Å². The summed E-state index contributed by atoms with van der Waals surface area (Å²) in [4.78, 5) is 33.2. The number of nitrogens with zero attached hydrogens (tertiary/aromatic N) is 10. The molecule has 44 heavy (non-hydrogen) atoms. The van der Waals surface area contributed by atoms with Gasteiger partial charge in [-0.1, -0.05) is 12.1 Å². The fourth-order valence-corrected chi connectivity index (χ4v) is 5.21. The Labute approximate surface area is 251 Å². The number of imidazole rings is 1. The van der Waals surface area contributed by atoms with Crippen LogP contribution in [0, 0.1) is 17.1 Å². The van der Waals surface area contributed by atoms with E-state index in [0.717, 1.165) is 55.5 Å². The highest BCUT2D eigenvalue weighted by molar-refractivity contribution is 5.83. The monoisotopic (exact) mass is 596 g/mol. The zero-order valence-corrected chi connectivity index (χ0v) is 24.0. The average molecular weight is 597 g/mol. The molecule has 0 bridgehead atoms. The summed E-state index contributed by atoms with van der Waals surface area (Å²) in [5.74, 6) is -0.809. The number of carbonyl (C=O) groups is 1. The normalized spacial score (nSPS) is 13.7. The maximum absolute atomic E-state index is 14.3. The number of carboxylic acids is 1. The summed E-state index contributed by atoms with van der Waals surface area (Å²) in [6, 6.07) is 11.7. The van der Waals surface area contributed by atoms with E-state index in [9.17, 15) is 14.3 Å². The van der Waals surface area contributed by atoms with Crippen molar-refractivity contribution >= 4 is 17.4 Å². The molecule has 1 saturated heterocycles. The van der Waals surface area contributed by atoms with Crippen LogP contribution in [0.2, 0.25) is 0 Å². The van der Waals surface area contributed by atoms with Gasteiger partial charge >= 0.3 is 5.97 Å². The van der Waals surface area contributed by atoms with Gasteiger partial charge in [-0.15, -0.1) is 0 Å². The first kappa shape index (κ1) is 28.7. The Morgan fingerprint density at radius 3 is 2.73 bits per heavy atom. The van der Waals surface area contributed by atoms with E-state index in [1.165, 1.54) is 12.4 Å². The highest BCUT2D eigenvalue weighted by atomic mass is 19.1. The first-order chi connectivity index (χ1) is 21.4. The maximum Gasteiger partial charge on any atom is 0.374 e. The van der Waals surface area contributed by atoms with E-state index >= 15 is 0 Å². The minimum atomic E-state index is -1.19. The van der Waals surface area contributed by atoms with Crippen LogP contribution in [0.5, 0.6) is 5.88 Å². The second-order valence-electron chi connectivity index (χ2n) is 10.3. The van der Waals surface area contributed by atoms with Gasteiger partial charge < -0.3 is 19.3 Å². The fraction of sp³-hybridized carbons (Fsp3) is 0.300. The lowest BCUT2D eigenvalue weighted by Gasteiger charge is -2.35. The van der Waals surface area contributed by atoms with Gasteiger partial charge in [0.15, 0.2) is 5.65 Å². The predicted octanol–water partition coefficient (Wildman–Crippen LogP) is 2.94. The first-order valence-electron chi connectivity index (χ1n) is 14.1. The molecule has 0 unspecified atom stereocenters. The van der Waals surface area contributed by atoms with Crippen molar-refractivity contribution in [1.29, 1.82) is 5.26 Å². The molecule has 5 heterocycles. The van der Waals surface area contributed by atoms with Gasteiger partial charge in [-0.05, 0) is 25.1 Å². The molecule has 1 aromatic carbocycles. The number of rotatable bonds is 10. The molecule has 1 aliphatic heterocycles. The zero-order valence-electron chi connectivity index (χ0n) is 24.0. The van der Waals surface area contributed by atoms with E-state index in [-0.39, 0.29) is 18.0 Å². The highest BCUT2D eigenvalue weighted by Gasteiger charge is 2.24. The molecule has 0 saturated carbocycles. The fourth-order valence-electron chi connectivity index (χ4n) is 5.21. The Morgan fingerprint density at radius 2 is 1.98 bits per heavy atom. The van der Waals surface area contributed by atoms with Crippen molar-refractivity contribution in [2.24, 2.45) is 0 Å². The lowest BCUT2D eigenvalue weighted by Crippen LogP contribution is -2.46. The molecule has 4 aromatic heterocycles. The number of pyridine rings is 1. The molecule has 0 radical (unpaired) electrons. The van der Waals surface area contributed by atoms with E-state index in [1.807, 2.05) is 29.7 Å². The number of hydrogen-bond acceptors (Lipinski definition) is 10. The second kappa shape index (κ2) is 12.4. The van der Waals surface area contributed by atoms with Gasteiger partial charge in [-0.25, -0.2) is 28.7 Å². The summed E-state index contributed by atoms with van der Waals surface area (Å²) in [6.45, 7) is 6.28. The number of nitriles is 1. The van der Waals surface area contributed by atoms with Crippen LogP contribution in [0.4, 0.5) is 10.2 Å². The summed E-state index contributed by atoms with van der Waals surface area (Å²) >= 11 is 0. The van der Waals surface area contributed by atoms with Crippen molar-refractivity contribution in [2.75, 3.05) is 31.1 Å². The summed E-state index contributed by atoms with van der Waals surface area (Å²) in [5.41, 5.74) is 3.71. The van der Waals surface area contributed by atoms with Crippen LogP contribution in [0.1, 0.15) is 45.6 Å². The van der Waals surface area contributed by atoms with Crippen LogP contribution in [0.15, 0.2) is 55.2 Å². The van der Waals surface area contributed by atoms with Crippen LogP contribution in [0.3, 0.4) is 0 Å². The molecule has 1 N–H and O–H groups in total. The van der Waals surface area contributed by atoms with E-state index in [2.05, 4.69) is 29.7 Å². The van der Waals surface area contributed by atoms with Crippen LogP contribution < -0.4 is 9.64 Å². The molecule has 0 spiro atoms. The van der Waals surface area contributed by atoms with Crippen LogP contribution in [-0.2, 0) is 26.1 Å². The zero-order chi connectivity index (χ0) is 30.6. The third-order valence-corrected chi connectivity index (χ3v) is 7.59. The third kappa shape index (κ3) is 6.04. The molecule has 14 heteroatoms. The van der Waals surface area contributed by atoms with Gasteiger partial charge in [-0.3, -0.25) is 4.90 Å². The van der Waals surface area contributed by atoms with E-state index in [0.29, 0.717) is 30.1 Å². The second-order valence-corrected chi connectivity index (χ2v) is 10.3. The summed E-state index contributed by atoms with van der Waals surface area (Å²) in [7, 11) is 0. The van der Waals surface area contributed by atoms with E-state index in [1.54, 1.807) is 35.2 Å². The molecule has 13 nitrogen and oxygen atoms in total. The SMILES string of the molecule is CCn1cncc1Cc1c(CN2CCN(c3cccc(OCc4ccc(C#N)cc4F)n3)CC2)nn2cnc(C(=O)O)nc12. The van der Waals surface area contributed by atoms with Gasteiger partial charge in [-0.2, -0.15) is 15.3 Å². The Morgan fingerprint density at radius 1 is 1.14 bits per heavy atom. The number of anilines is 1. The van der Waals surface area contributed by atoms with Crippen molar-refractivity contribution in [3.8, 4) is 11.9 Å². The van der Waals surface area contributed by atoms with Gasteiger partial charge in [0.2, 0.25) is 11.7 Å². The number of aryl methyl sites for hydroxylation is 1. The predicted molar refractivity (Wildman–Crippen MR) is 156 cm³/mol. The topological polar surface area (TPSA) is 151 Å². The largest absolute Gasteiger partial charge is 0.475 e. The van der Waals surface area contributed by atoms with Crippen molar-refractivity contribution < 1.29 is 19.0 Å². The average Bonchev–Trinajstić information content (AvgIpc) is 3.64. The molecule has 1 aliphatic rings. The minimum Gasteiger partial charge on any atom is -0.475 e. The summed E-state index contributed by atoms with van der Waals surface area (Å²) in [5, 5.41) is 23.1. The Kier molecular flexibility index (Phi) is 8.11. The molecule has 0 aliphatic carbocycles. The molecule has 0 atom stereocenters.